The standard InChI is InChI=1S/C67H130O17P2/c1-7-10-12-14-16-18-26-30-37-43-49-64(69)77-55-62(83-66(71)51-45-39-31-27-19-17-15-13-11-8-2)57-81-85(73,74)79-53-61(68)54-80-86(75,76)82-58-63(56-78-65(70)50-44-38-34-33-36-42-48-60(6)9-3)84-67(72)52-46-40-32-28-24-22-20-21-23-25-29-35-41-47-59(4)5/h59-63,68H,7-58H2,1-6H3,(H,73,74)(H,75,76)/t60?,61-,62+,63+/m0/s1. The Morgan fingerprint density at radius 3 is 0.884 bits per heavy atom. The minimum atomic E-state index is -4.95. The van der Waals surface area contributed by atoms with Gasteiger partial charge < -0.3 is 33.8 Å². The van der Waals surface area contributed by atoms with Crippen LogP contribution in [0.15, 0.2) is 0 Å². The third-order valence-electron chi connectivity index (χ3n) is 15.8. The van der Waals surface area contributed by atoms with Crippen LogP contribution >= 0.6 is 15.6 Å². The molecule has 0 saturated carbocycles. The Bertz CT molecular complexity index is 1690. The molecule has 0 bridgehead atoms. The van der Waals surface area contributed by atoms with E-state index in [0.29, 0.717) is 25.7 Å². The molecule has 0 saturated heterocycles. The maximum Gasteiger partial charge on any atom is 0.472 e. The highest BCUT2D eigenvalue weighted by molar-refractivity contribution is 7.47. The number of rotatable bonds is 66. The van der Waals surface area contributed by atoms with Crippen molar-refractivity contribution in [2.24, 2.45) is 11.8 Å². The fourth-order valence-corrected chi connectivity index (χ4v) is 11.6. The zero-order valence-corrected chi connectivity index (χ0v) is 57.4. The van der Waals surface area contributed by atoms with Gasteiger partial charge in [0.1, 0.15) is 19.3 Å². The largest absolute Gasteiger partial charge is 0.472 e. The molecule has 0 radical (unpaired) electrons. The molecular weight excluding hydrogens is 1140 g/mol. The van der Waals surface area contributed by atoms with Gasteiger partial charge >= 0.3 is 39.5 Å². The van der Waals surface area contributed by atoms with Gasteiger partial charge in [0.2, 0.25) is 0 Å². The zero-order valence-electron chi connectivity index (χ0n) is 55.6. The number of esters is 4. The molecule has 86 heavy (non-hydrogen) atoms. The summed E-state index contributed by atoms with van der Waals surface area (Å²) in [6, 6.07) is 0. The molecule has 0 fully saturated rings. The molecule has 0 aromatic carbocycles. The predicted molar refractivity (Wildman–Crippen MR) is 345 cm³/mol. The number of carbonyl (C=O) groups is 4. The van der Waals surface area contributed by atoms with Gasteiger partial charge in [-0.2, -0.15) is 0 Å². The average Bonchev–Trinajstić information content (AvgIpc) is 3.64. The van der Waals surface area contributed by atoms with E-state index < -0.39 is 97.5 Å². The predicted octanol–water partition coefficient (Wildman–Crippen LogP) is 18.8. The molecule has 0 amide bonds. The van der Waals surface area contributed by atoms with Gasteiger partial charge in [-0.15, -0.1) is 0 Å². The first-order chi connectivity index (χ1) is 41.4. The van der Waals surface area contributed by atoms with Crippen LogP contribution in [0.5, 0.6) is 0 Å². The Morgan fingerprint density at radius 1 is 0.337 bits per heavy atom. The number of unbranched alkanes of at least 4 members (excludes halogenated alkanes) is 35. The molecule has 0 aliphatic carbocycles. The quantitative estimate of drug-likeness (QED) is 0.0222. The molecule has 3 unspecified atom stereocenters. The van der Waals surface area contributed by atoms with Crippen LogP contribution < -0.4 is 0 Å². The lowest BCUT2D eigenvalue weighted by atomic mass is 10.00. The Balaban J connectivity index is 5.22. The zero-order chi connectivity index (χ0) is 63.6. The maximum absolute atomic E-state index is 13.0. The van der Waals surface area contributed by atoms with Crippen LogP contribution in [0.3, 0.4) is 0 Å². The molecule has 0 aliphatic heterocycles. The lowest BCUT2D eigenvalue weighted by molar-refractivity contribution is -0.161. The van der Waals surface area contributed by atoms with Crippen molar-refractivity contribution in [3.63, 3.8) is 0 Å². The number of phosphoric ester groups is 2. The lowest BCUT2D eigenvalue weighted by Gasteiger charge is -2.21. The van der Waals surface area contributed by atoms with E-state index in [2.05, 4.69) is 41.5 Å². The van der Waals surface area contributed by atoms with Crippen LogP contribution in [-0.2, 0) is 65.4 Å². The molecule has 0 rings (SSSR count). The normalized spacial score (nSPS) is 14.5. The van der Waals surface area contributed by atoms with Gasteiger partial charge in [0.15, 0.2) is 12.2 Å². The van der Waals surface area contributed by atoms with Crippen LogP contribution in [0.2, 0.25) is 0 Å². The van der Waals surface area contributed by atoms with Crippen molar-refractivity contribution in [3.05, 3.63) is 0 Å². The third-order valence-corrected chi connectivity index (χ3v) is 17.7. The van der Waals surface area contributed by atoms with Gasteiger partial charge in [0, 0.05) is 25.7 Å². The first-order valence-corrected chi connectivity index (χ1v) is 38.0. The molecule has 6 atom stereocenters. The Morgan fingerprint density at radius 2 is 0.593 bits per heavy atom. The van der Waals surface area contributed by atoms with E-state index in [1.54, 1.807) is 0 Å². The summed E-state index contributed by atoms with van der Waals surface area (Å²) in [4.78, 5) is 72.3. The molecular formula is C67H130O17P2. The SMILES string of the molecule is CCCCCCCCCCCCC(=O)OC[C@H](COP(=O)(O)OC[C@H](O)COP(=O)(O)OC[C@@H](COC(=O)CCCCCCCCC(C)CC)OC(=O)CCCCCCCCCCCCCCCC(C)C)OC(=O)CCCCCCCCCCCC. The van der Waals surface area contributed by atoms with Crippen molar-refractivity contribution in [1.29, 1.82) is 0 Å². The third kappa shape index (κ3) is 59.7. The van der Waals surface area contributed by atoms with Crippen LogP contribution in [-0.4, -0.2) is 96.7 Å². The number of hydrogen-bond donors (Lipinski definition) is 3. The van der Waals surface area contributed by atoms with Gasteiger partial charge in [-0.1, -0.05) is 286 Å². The summed E-state index contributed by atoms with van der Waals surface area (Å²) >= 11 is 0. The smallest absolute Gasteiger partial charge is 0.462 e. The van der Waals surface area contributed by atoms with Gasteiger partial charge in [-0.05, 0) is 37.5 Å². The van der Waals surface area contributed by atoms with E-state index in [-0.39, 0.29) is 25.7 Å². The number of ether oxygens (including phenoxy) is 4. The van der Waals surface area contributed by atoms with E-state index in [4.69, 9.17) is 37.0 Å². The lowest BCUT2D eigenvalue weighted by Crippen LogP contribution is -2.30. The highest BCUT2D eigenvalue weighted by Gasteiger charge is 2.30. The highest BCUT2D eigenvalue weighted by atomic mass is 31.2. The van der Waals surface area contributed by atoms with Gasteiger partial charge in [0.05, 0.1) is 26.4 Å². The summed E-state index contributed by atoms with van der Waals surface area (Å²) in [7, 11) is -9.89. The van der Waals surface area contributed by atoms with Crippen molar-refractivity contribution in [1.82, 2.24) is 0 Å². The first-order valence-electron chi connectivity index (χ1n) is 35.0. The maximum atomic E-state index is 13.0. The number of hydrogen-bond acceptors (Lipinski definition) is 15. The summed E-state index contributed by atoms with van der Waals surface area (Å²) < 4.78 is 68.1. The first kappa shape index (κ1) is 84.1. The van der Waals surface area contributed by atoms with E-state index in [9.17, 15) is 43.2 Å². The monoisotopic (exact) mass is 1270 g/mol. The molecule has 0 heterocycles. The van der Waals surface area contributed by atoms with Crippen molar-refractivity contribution in [3.8, 4) is 0 Å². The van der Waals surface area contributed by atoms with E-state index in [1.807, 2.05) is 0 Å². The topological polar surface area (TPSA) is 237 Å². The Labute approximate surface area is 524 Å². The summed E-state index contributed by atoms with van der Waals surface area (Å²) in [5.74, 6) is -0.612. The van der Waals surface area contributed by atoms with Crippen molar-refractivity contribution >= 4 is 39.5 Å². The van der Waals surface area contributed by atoms with Crippen molar-refractivity contribution < 1.29 is 80.2 Å². The van der Waals surface area contributed by atoms with Gasteiger partial charge in [0.25, 0.3) is 0 Å². The fraction of sp³-hybridized carbons (Fsp3) is 0.940. The number of carbonyl (C=O) groups excluding carboxylic acids is 4. The summed E-state index contributed by atoms with van der Waals surface area (Å²) in [5.41, 5.74) is 0. The highest BCUT2D eigenvalue weighted by Crippen LogP contribution is 2.45. The second kappa shape index (κ2) is 59.4. The minimum Gasteiger partial charge on any atom is -0.462 e. The number of aliphatic hydroxyl groups excluding tert-OH is 1. The fourth-order valence-electron chi connectivity index (χ4n) is 10.0. The van der Waals surface area contributed by atoms with Gasteiger partial charge in [-0.25, -0.2) is 9.13 Å². The molecule has 3 N–H and O–H groups in total. The van der Waals surface area contributed by atoms with E-state index >= 15 is 0 Å². The van der Waals surface area contributed by atoms with Crippen LogP contribution in [0, 0.1) is 11.8 Å². The summed E-state index contributed by atoms with van der Waals surface area (Å²) in [5, 5.41) is 10.6. The van der Waals surface area contributed by atoms with Gasteiger partial charge in [-0.3, -0.25) is 37.3 Å². The van der Waals surface area contributed by atoms with E-state index in [0.717, 1.165) is 108 Å². The van der Waals surface area contributed by atoms with Crippen molar-refractivity contribution in [2.75, 3.05) is 39.6 Å². The summed E-state index contributed by atoms with van der Waals surface area (Å²) in [6.07, 6.45) is 43.0. The van der Waals surface area contributed by atoms with E-state index in [1.165, 1.54) is 148 Å². The molecule has 0 aliphatic rings. The molecule has 0 spiro atoms. The second-order valence-corrected chi connectivity index (χ2v) is 27.8. The molecule has 510 valence electrons. The second-order valence-electron chi connectivity index (χ2n) is 24.9. The summed E-state index contributed by atoms with van der Waals surface area (Å²) in [6.45, 7) is 9.48. The Kier molecular flexibility index (Phi) is 58.0. The molecule has 19 heteroatoms. The van der Waals surface area contributed by atoms with Crippen LogP contribution in [0.1, 0.15) is 337 Å². The Hall–Kier alpha value is -1.94. The number of aliphatic hydroxyl groups is 1. The van der Waals surface area contributed by atoms with Crippen molar-refractivity contribution in [2.45, 2.75) is 355 Å². The molecule has 17 nitrogen and oxygen atoms in total. The minimum absolute atomic E-state index is 0.106. The number of phosphoric acid groups is 2. The van der Waals surface area contributed by atoms with Crippen LogP contribution in [0.25, 0.3) is 0 Å². The van der Waals surface area contributed by atoms with Crippen LogP contribution in [0.4, 0.5) is 0 Å². The molecule has 0 aromatic heterocycles. The molecule has 0 aromatic rings. The average molecular weight is 1270 g/mol.